The fourth-order valence-corrected chi connectivity index (χ4v) is 6.53. The van der Waals surface area contributed by atoms with Crippen LogP contribution in [0.15, 0.2) is 28.8 Å². The van der Waals surface area contributed by atoms with E-state index in [0.29, 0.717) is 24.6 Å². The zero-order valence-electron chi connectivity index (χ0n) is 29.3. The lowest BCUT2D eigenvalue weighted by molar-refractivity contribution is -0.148. The number of hydrogen-bond donors (Lipinski definition) is 4. The number of rotatable bonds is 3. The van der Waals surface area contributed by atoms with Crippen LogP contribution in [0.2, 0.25) is 0 Å². The van der Waals surface area contributed by atoms with Gasteiger partial charge in [0.15, 0.2) is 6.61 Å². The van der Waals surface area contributed by atoms with E-state index in [1.165, 1.54) is 16.8 Å². The minimum Gasteiger partial charge on any atom is -0.485 e. The van der Waals surface area contributed by atoms with Crippen LogP contribution in [0, 0.1) is 11.8 Å². The number of carbonyl (C=O) groups excluding carboxylic acids is 4. The summed E-state index contributed by atoms with van der Waals surface area (Å²) in [5, 5.41) is 30.9. The second-order valence-corrected chi connectivity index (χ2v) is 13.9. The summed E-state index contributed by atoms with van der Waals surface area (Å²) in [5.41, 5.74) is 0.207. The molecule has 49 heavy (non-hydrogen) atoms. The first kappa shape index (κ1) is 37.8. The Hall–Kier alpha value is -4.04. The van der Waals surface area contributed by atoms with Crippen molar-refractivity contribution in [3.05, 3.63) is 41.5 Å². The van der Waals surface area contributed by atoms with Gasteiger partial charge < -0.3 is 39.9 Å². The van der Waals surface area contributed by atoms with Crippen molar-refractivity contribution >= 4 is 23.6 Å². The van der Waals surface area contributed by atoms with Crippen molar-refractivity contribution < 1.29 is 38.7 Å². The van der Waals surface area contributed by atoms with Crippen LogP contribution in [0.5, 0.6) is 5.75 Å². The van der Waals surface area contributed by atoms with Gasteiger partial charge in [0.2, 0.25) is 29.4 Å². The van der Waals surface area contributed by atoms with Crippen LogP contribution in [0.4, 0.5) is 0 Å². The Morgan fingerprint density at radius 2 is 1.71 bits per heavy atom. The molecule has 1 fully saturated rings. The second kappa shape index (κ2) is 17.6. The summed E-state index contributed by atoms with van der Waals surface area (Å²) in [6.45, 7) is 7.40. The maximum atomic E-state index is 14.1. The van der Waals surface area contributed by atoms with Crippen LogP contribution < -0.4 is 15.4 Å². The highest BCUT2D eigenvalue weighted by atomic mass is 16.5. The van der Waals surface area contributed by atoms with Gasteiger partial charge in [-0.15, -0.1) is 0 Å². The third kappa shape index (κ3) is 10.2. The molecule has 2 aliphatic heterocycles. The highest BCUT2D eigenvalue weighted by molar-refractivity contribution is 6.00. The largest absolute Gasteiger partial charge is 0.485 e. The number of nitrogens with zero attached hydrogens (tertiary/aromatic N) is 4. The molecule has 2 aromatic rings. The fourth-order valence-electron chi connectivity index (χ4n) is 6.53. The average molecular weight is 685 g/mol. The number of ether oxygens (including phenoxy) is 1. The molecule has 14 nitrogen and oxygen atoms in total. The number of aliphatic hydroxyl groups is 2. The molecule has 14 heteroatoms. The zero-order valence-corrected chi connectivity index (χ0v) is 29.3. The van der Waals surface area contributed by atoms with Crippen molar-refractivity contribution in [3.63, 3.8) is 0 Å². The number of fused-ring (bicyclic) bond motifs is 4. The van der Waals surface area contributed by atoms with Crippen molar-refractivity contribution in [1.82, 2.24) is 30.6 Å². The summed E-state index contributed by atoms with van der Waals surface area (Å²) in [5.74, 6) is -1.13. The van der Waals surface area contributed by atoms with Gasteiger partial charge in [-0.2, -0.15) is 4.98 Å². The van der Waals surface area contributed by atoms with Crippen LogP contribution in [0.3, 0.4) is 0 Å². The topological polar surface area (TPSA) is 187 Å². The predicted molar refractivity (Wildman–Crippen MR) is 179 cm³/mol. The highest BCUT2D eigenvalue weighted by Gasteiger charge is 2.44. The fraction of sp³-hybridized carbons (Fsp3) is 0.657. The van der Waals surface area contributed by atoms with Gasteiger partial charge in [0, 0.05) is 33.0 Å². The third-order valence-corrected chi connectivity index (χ3v) is 9.01. The number of likely N-dealkylation sites (N-methyl/N-ethyl adjacent to an activating group) is 1. The van der Waals surface area contributed by atoms with Crippen LogP contribution in [0.25, 0.3) is 0 Å². The number of nitrogens with one attached hydrogen (secondary N) is 2. The summed E-state index contributed by atoms with van der Waals surface area (Å²) < 4.78 is 11.3. The van der Waals surface area contributed by atoms with Gasteiger partial charge >= 0.3 is 0 Å². The highest BCUT2D eigenvalue weighted by Crippen LogP contribution is 2.25. The van der Waals surface area contributed by atoms with E-state index in [2.05, 4.69) is 20.8 Å². The van der Waals surface area contributed by atoms with E-state index in [0.717, 1.165) is 25.7 Å². The van der Waals surface area contributed by atoms with Crippen molar-refractivity contribution in [2.75, 3.05) is 20.1 Å². The van der Waals surface area contributed by atoms with Crippen LogP contribution in [-0.2, 0) is 27.4 Å². The molecule has 1 saturated heterocycles. The number of hydrogen-bond acceptors (Lipinski definition) is 10. The average Bonchev–Trinajstić information content (AvgIpc) is 3.68. The van der Waals surface area contributed by atoms with Gasteiger partial charge in [-0.1, -0.05) is 64.2 Å². The van der Waals surface area contributed by atoms with Crippen LogP contribution >= 0.6 is 0 Å². The normalized spacial score (nSPS) is 25.9. The molecule has 5 atom stereocenters. The molecule has 0 unspecified atom stereocenters. The Morgan fingerprint density at radius 3 is 2.45 bits per heavy atom. The second-order valence-electron chi connectivity index (χ2n) is 13.9. The lowest BCUT2D eigenvalue weighted by atomic mass is 9.99. The molecule has 4 amide bonds. The van der Waals surface area contributed by atoms with Crippen molar-refractivity contribution in [3.8, 4) is 5.75 Å². The Kier molecular flexibility index (Phi) is 13.5. The molecule has 2 aliphatic rings. The minimum atomic E-state index is -1.03. The zero-order chi connectivity index (χ0) is 35.7. The molecular weight excluding hydrogens is 632 g/mol. The maximum absolute atomic E-state index is 14.1. The lowest BCUT2D eigenvalue weighted by Gasteiger charge is -2.35. The summed E-state index contributed by atoms with van der Waals surface area (Å²) in [6, 6.07) is 3.74. The van der Waals surface area contributed by atoms with Gasteiger partial charge in [-0.05, 0) is 43.2 Å². The SMILES string of the molecule is CC(C)C[C@H]1NC(=O)c2ccccc2OCc2noc(n2)CCCCCC[C@@H](O)CNC(=O)[C@H](C(C)C)N(C)C(=O)[C@H]2C[C@H](O)CN2C1=O. The number of carbonyl (C=O) groups is 4. The molecule has 0 aliphatic carbocycles. The van der Waals surface area contributed by atoms with Gasteiger partial charge in [0.05, 0.1) is 17.8 Å². The summed E-state index contributed by atoms with van der Waals surface area (Å²) in [6.07, 6.45) is 3.03. The summed E-state index contributed by atoms with van der Waals surface area (Å²) in [7, 11) is 1.52. The quantitative estimate of drug-likeness (QED) is 0.374. The molecule has 1 aromatic carbocycles. The van der Waals surface area contributed by atoms with Crippen molar-refractivity contribution in [2.24, 2.45) is 11.8 Å². The van der Waals surface area contributed by atoms with E-state index >= 15 is 0 Å². The number of aryl methyl sites for hydroxylation is 1. The van der Waals surface area contributed by atoms with Crippen molar-refractivity contribution in [1.29, 1.82) is 0 Å². The Labute approximate surface area is 287 Å². The Bertz CT molecular complexity index is 1430. The molecule has 0 saturated carbocycles. The van der Waals surface area contributed by atoms with E-state index in [9.17, 15) is 29.4 Å². The van der Waals surface area contributed by atoms with E-state index in [1.54, 1.807) is 24.3 Å². The predicted octanol–water partition coefficient (Wildman–Crippen LogP) is 2.22. The number of aromatic nitrogens is 2. The molecule has 2 bridgehead atoms. The molecule has 4 N–H and O–H groups in total. The van der Waals surface area contributed by atoms with Crippen LogP contribution in [-0.4, -0.2) is 104 Å². The van der Waals surface area contributed by atoms with E-state index in [4.69, 9.17) is 9.26 Å². The monoisotopic (exact) mass is 684 g/mol. The van der Waals surface area contributed by atoms with Gasteiger partial charge in [-0.3, -0.25) is 19.2 Å². The first-order chi connectivity index (χ1) is 23.3. The third-order valence-electron chi connectivity index (χ3n) is 9.01. The number of benzene rings is 1. The van der Waals surface area contributed by atoms with Gasteiger partial charge in [0.1, 0.15) is 23.9 Å². The van der Waals surface area contributed by atoms with E-state index < -0.39 is 54.0 Å². The van der Waals surface area contributed by atoms with Gasteiger partial charge in [-0.25, -0.2) is 0 Å². The van der Waals surface area contributed by atoms with Crippen LogP contribution in [0.1, 0.15) is 94.7 Å². The van der Waals surface area contributed by atoms with Gasteiger partial charge in [0.25, 0.3) is 5.91 Å². The smallest absolute Gasteiger partial charge is 0.255 e. The van der Waals surface area contributed by atoms with E-state index in [1.807, 2.05) is 27.7 Å². The molecule has 0 spiro atoms. The Balaban J connectivity index is 1.62. The molecule has 270 valence electrons. The molecule has 4 rings (SSSR count). The number of amides is 4. The van der Waals surface area contributed by atoms with Crippen molar-refractivity contribution in [2.45, 2.75) is 116 Å². The Morgan fingerprint density at radius 1 is 0.980 bits per heavy atom. The summed E-state index contributed by atoms with van der Waals surface area (Å²) >= 11 is 0. The molecule has 3 heterocycles. The van der Waals surface area contributed by atoms with E-state index in [-0.39, 0.29) is 55.7 Å². The molecule has 1 aromatic heterocycles. The first-order valence-corrected chi connectivity index (χ1v) is 17.4. The number of para-hydroxylation sites is 1. The molecule has 0 radical (unpaired) electrons. The summed E-state index contributed by atoms with van der Waals surface area (Å²) in [4.78, 5) is 62.2. The number of aliphatic hydroxyl groups excluding tert-OH is 2. The minimum absolute atomic E-state index is 0.00207. The standard InChI is InChI=1S/C35H52N6O8/c1-21(2)16-26-34(46)41-19-24(43)17-27(41)35(47)40(5)31(22(3)4)33(45)36-18-23(42)12-8-6-7-9-15-30-38-29(39-49-30)20-48-28-14-11-10-13-25(28)32(44)37-26/h10-11,13-14,21-24,26-27,31,42-43H,6-9,12,15-20H2,1-5H3,(H,36,45)(H,37,44)/t23-,24+,26-,27-,31+/m1/s1. The first-order valence-electron chi connectivity index (χ1n) is 17.4. The molecular formula is C35H52N6O8. The number of β-amino-alcohol motifs (C(OH)–C–C–N with tert-alkyl or cyclic N) is 1. The lowest BCUT2D eigenvalue weighted by Crippen LogP contribution is -2.58. The maximum Gasteiger partial charge on any atom is 0.255 e.